The molecule has 23 heavy (non-hydrogen) atoms. The second-order valence-corrected chi connectivity index (χ2v) is 6.62. The first-order chi connectivity index (χ1) is 11.2. The molecule has 2 saturated heterocycles. The van der Waals surface area contributed by atoms with Crippen molar-refractivity contribution in [2.24, 2.45) is 0 Å². The zero-order valence-electron chi connectivity index (χ0n) is 14.2. The molecule has 2 fully saturated rings. The van der Waals surface area contributed by atoms with Crippen LogP contribution in [0.1, 0.15) is 12.5 Å². The molecule has 0 aromatic heterocycles. The number of β-amino-alcohol motifs (C(OH)–C–C–N with tert-alkyl or cyclic N) is 1. The van der Waals surface area contributed by atoms with Gasteiger partial charge in [-0.15, -0.1) is 0 Å². The highest BCUT2D eigenvalue weighted by atomic mass is 16.5. The van der Waals surface area contributed by atoms with E-state index >= 15 is 0 Å². The number of ether oxygens (including phenoxy) is 1. The molecule has 0 atom stereocenters. The number of benzene rings is 1. The van der Waals surface area contributed by atoms with E-state index in [1.54, 1.807) is 0 Å². The zero-order valence-corrected chi connectivity index (χ0v) is 14.2. The van der Waals surface area contributed by atoms with Gasteiger partial charge in [-0.2, -0.15) is 0 Å². The molecule has 0 radical (unpaired) electrons. The second-order valence-electron chi connectivity index (χ2n) is 6.62. The number of aliphatic hydroxyl groups is 1. The molecular formula is C18H29N3O2. The number of rotatable bonds is 7. The van der Waals surface area contributed by atoms with Gasteiger partial charge in [-0.05, 0) is 24.2 Å². The fourth-order valence-corrected chi connectivity index (χ4v) is 3.24. The zero-order chi connectivity index (χ0) is 16.1. The average molecular weight is 319 g/mol. The lowest BCUT2D eigenvalue weighted by Crippen LogP contribution is -2.49. The summed E-state index contributed by atoms with van der Waals surface area (Å²) in [6.45, 7) is 12.3. The van der Waals surface area contributed by atoms with Crippen molar-refractivity contribution in [2.75, 3.05) is 59.0 Å². The molecule has 2 aliphatic rings. The van der Waals surface area contributed by atoms with Gasteiger partial charge in [0.05, 0.1) is 6.10 Å². The number of nitrogens with zero attached hydrogens (tertiary/aromatic N) is 3. The van der Waals surface area contributed by atoms with Crippen molar-refractivity contribution in [3.05, 3.63) is 29.8 Å². The van der Waals surface area contributed by atoms with Crippen LogP contribution in [0.5, 0.6) is 5.75 Å². The molecule has 0 amide bonds. The van der Waals surface area contributed by atoms with Crippen LogP contribution in [0.25, 0.3) is 0 Å². The number of hydrogen-bond acceptors (Lipinski definition) is 5. The van der Waals surface area contributed by atoms with Crippen molar-refractivity contribution in [2.45, 2.75) is 19.6 Å². The van der Waals surface area contributed by atoms with E-state index in [1.807, 2.05) is 0 Å². The van der Waals surface area contributed by atoms with Crippen LogP contribution in [0.2, 0.25) is 0 Å². The lowest BCUT2D eigenvalue weighted by Gasteiger charge is -2.35. The van der Waals surface area contributed by atoms with Gasteiger partial charge in [-0.3, -0.25) is 9.80 Å². The van der Waals surface area contributed by atoms with Gasteiger partial charge < -0.3 is 14.7 Å². The maximum Gasteiger partial charge on any atom is 0.119 e. The van der Waals surface area contributed by atoms with Crippen molar-refractivity contribution in [3.63, 3.8) is 0 Å². The Kier molecular flexibility index (Phi) is 5.89. The van der Waals surface area contributed by atoms with Gasteiger partial charge in [0.25, 0.3) is 0 Å². The maximum atomic E-state index is 9.31. The third-order valence-corrected chi connectivity index (χ3v) is 4.86. The van der Waals surface area contributed by atoms with E-state index in [1.165, 1.54) is 18.7 Å². The third kappa shape index (κ3) is 4.91. The van der Waals surface area contributed by atoms with E-state index in [-0.39, 0.29) is 6.10 Å². The van der Waals surface area contributed by atoms with Crippen LogP contribution in [0.3, 0.4) is 0 Å². The van der Waals surface area contributed by atoms with E-state index in [0.717, 1.165) is 58.2 Å². The van der Waals surface area contributed by atoms with Gasteiger partial charge >= 0.3 is 0 Å². The van der Waals surface area contributed by atoms with Crippen molar-refractivity contribution in [1.82, 2.24) is 14.7 Å². The topological polar surface area (TPSA) is 39.2 Å². The van der Waals surface area contributed by atoms with Crippen LogP contribution in [-0.2, 0) is 6.54 Å². The van der Waals surface area contributed by atoms with Crippen LogP contribution in [-0.4, -0.2) is 84.9 Å². The molecule has 1 aromatic carbocycles. The molecule has 2 heterocycles. The number of likely N-dealkylation sites (N-methyl/N-ethyl adjacent to an activating group) is 1. The van der Waals surface area contributed by atoms with Crippen LogP contribution in [0.15, 0.2) is 24.3 Å². The monoisotopic (exact) mass is 319 g/mol. The smallest absolute Gasteiger partial charge is 0.119 e. The second kappa shape index (κ2) is 8.11. The Hall–Kier alpha value is -1.14. The van der Waals surface area contributed by atoms with Crippen molar-refractivity contribution < 1.29 is 9.84 Å². The summed E-state index contributed by atoms with van der Waals surface area (Å²) in [5.41, 5.74) is 1.28. The Balaban J connectivity index is 1.34. The molecule has 3 rings (SSSR count). The molecule has 0 saturated carbocycles. The summed E-state index contributed by atoms with van der Waals surface area (Å²) < 4.78 is 5.87. The van der Waals surface area contributed by atoms with Crippen molar-refractivity contribution in [1.29, 1.82) is 0 Å². The Morgan fingerprint density at radius 3 is 2.26 bits per heavy atom. The van der Waals surface area contributed by atoms with Crippen LogP contribution in [0.4, 0.5) is 0 Å². The first-order valence-corrected chi connectivity index (χ1v) is 8.80. The van der Waals surface area contributed by atoms with Gasteiger partial charge in [0.2, 0.25) is 0 Å². The van der Waals surface area contributed by atoms with E-state index in [2.05, 4.69) is 45.9 Å². The van der Waals surface area contributed by atoms with Crippen molar-refractivity contribution >= 4 is 0 Å². The van der Waals surface area contributed by atoms with E-state index in [0.29, 0.717) is 0 Å². The molecule has 5 heteroatoms. The summed E-state index contributed by atoms with van der Waals surface area (Å²) in [6, 6.07) is 8.36. The van der Waals surface area contributed by atoms with Gasteiger partial charge in [0.15, 0.2) is 0 Å². The molecule has 0 spiro atoms. The Bertz CT molecular complexity index is 466. The fourth-order valence-electron chi connectivity index (χ4n) is 3.24. The Morgan fingerprint density at radius 1 is 1.00 bits per heavy atom. The van der Waals surface area contributed by atoms with Crippen LogP contribution >= 0.6 is 0 Å². The van der Waals surface area contributed by atoms with E-state index in [4.69, 9.17) is 4.74 Å². The molecule has 0 aliphatic carbocycles. The molecule has 1 N–H and O–H groups in total. The summed E-state index contributed by atoms with van der Waals surface area (Å²) in [5, 5.41) is 9.31. The molecule has 5 nitrogen and oxygen atoms in total. The summed E-state index contributed by atoms with van der Waals surface area (Å²) in [6.07, 6.45) is -0.128. The van der Waals surface area contributed by atoms with E-state index in [9.17, 15) is 5.11 Å². The highest BCUT2D eigenvalue weighted by molar-refractivity contribution is 5.27. The minimum absolute atomic E-state index is 0.128. The Labute approximate surface area is 139 Å². The molecule has 0 unspecified atom stereocenters. The maximum absolute atomic E-state index is 9.31. The summed E-state index contributed by atoms with van der Waals surface area (Å²) in [4.78, 5) is 7.22. The minimum atomic E-state index is -0.128. The largest absolute Gasteiger partial charge is 0.492 e. The first-order valence-electron chi connectivity index (χ1n) is 8.80. The van der Waals surface area contributed by atoms with Gasteiger partial charge in [0, 0.05) is 52.4 Å². The molecular weight excluding hydrogens is 290 g/mol. The quantitative estimate of drug-likeness (QED) is 0.808. The first kappa shape index (κ1) is 16.7. The Morgan fingerprint density at radius 2 is 1.65 bits per heavy atom. The predicted octanol–water partition coefficient (Wildman–Crippen LogP) is 0.879. The van der Waals surface area contributed by atoms with Gasteiger partial charge in [0.1, 0.15) is 12.4 Å². The van der Waals surface area contributed by atoms with E-state index < -0.39 is 0 Å². The lowest BCUT2D eigenvalue weighted by atomic mass is 10.1. The molecule has 2 aliphatic heterocycles. The highest BCUT2D eigenvalue weighted by Gasteiger charge is 2.23. The van der Waals surface area contributed by atoms with Crippen molar-refractivity contribution in [3.8, 4) is 5.75 Å². The molecule has 1 aromatic rings. The fraction of sp³-hybridized carbons (Fsp3) is 0.667. The lowest BCUT2D eigenvalue weighted by molar-refractivity contribution is -0.00287. The van der Waals surface area contributed by atoms with Gasteiger partial charge in [-0.1, -0.05) is 19.1 Å². The predicted molar refractivity (Wildman–Crippen MR) is 91.8 cm³/mol. The number of hydrogen-bond donors (Lipinski definition) is 1. The number of likely N-dealkylation sites (tertiary alicyclic amines) is 1. The average Bonchev–Trinajstić information content (AvgIpc) is 2.56. The highest BCUT2D eigenvalue weighted by Crippen LogP contribution is 2.16. The minimum Gasteiger partial charge on any atom is -0.492 e. The van der Waals surface area contributed by atoms with Crippen LogP contribution in [0, 0.1) is 0 Å². The molecule has 128 valence electrons. The number of piperazine rings is 1. The summed E-state index contributed by atoms with van der Waals surface area (Å²) in [7, 11) is 0. The third-order valence-electron chi connectivity index (χ3n) is 4.86. The SMILES string of the molecule is CCN1CCN(CCOc2ccc(CN3CC(O)C3)cc2)CC1. The standard InChI is InChI=1S/C18H29N3O2/c1-2-19-7-9-20(10-8-19)11-12-23-18-5-3-16(4-6-18)13-21-14-17(22)15-21/h3-6,17,22H,2,7-15H2,1H3. The summed E-state index contributed by atoms with van der Waals surface area (Å²) in [5.74, 6) is 0.949. The summed E-state index contributed by atoms with van der Waals surface area (Å²) >= 11 is 0. The molecule has 0 bridgehead atoms. The van der Waals surface area contributed by atoms with Crippen LogP contribution < -0.4 is 4.74 Å². The van der Waals surface area contributed by atoms with Gasteiger partial charge in [-0.25, -0.2) is 0 Å². The normalized spacial score (nSPS) is 21.3. The number of aliphatic hydroxyl groups excluding tert-OH is 1.